The van der Waals surface area contributed by atoms with Crippen LogP contribution in [0.1, 0.15) is 18.4 Å². The van der Waals surface area contributed by atoms with Crippen LogP contribution in [0.3, 0.4) is 0 Å². The number of morpholine rings is 1. The van der Waals surface area contributed by atoms with Gasteiger partial charge in [0.1, 0.15) is 6.29 Å². The second kappa shape index (κ2) is 8.02. The van der Waals surface area contributed by atoms with Gasteiger partial charge < -0.3 is 15.2 Å². The summed E-state index contributed by atoms with van der Waals surface area (Å²) in [6.45, 7) is 3.88. The monoisotopic (exact) mass is 360 g/mol. The van der Waals surface area contributed by atoms with Crippen molar-refractivity contribution in [3.05, 3.63) is 35.9 Å². The summed E-state index contributed by atoms with van der Waals surface area (Å²) in [5, 5.41) is 17.2. The van der Waals surface area contributed by atoms with Gasteiger partial charge in [-0.25, -0.2) is 0 Å². The number of benzene rings is 1. The third-order valence-electron chi connectivity index (χ3n) is 5.69. The molecule has 3 fully saturated rings. The fraction of sp³-hybridized carbons (Fsp3) is 0.632. The van der Waals surface area contributed by atoms with Crippen molar-refractivity contribution >= 4 is 5.91 Å². The average Bonchev–Trinajstić information content (AvgIpc) is 3.03. The zero-order chi connectivity index (χ0) is 17.9. The zero-order valence-corrected chi connectivity index (χ0v) is 15.0. The van der Waals surface area contributed by atoms with E-state index in [2.05, 4.69) is 32.6 Å². The largest absolute Gasteiger partial charge is 0.391 e. The molecular weight excluding hydrogens is 332 g/mol. The van der Waals surface area contributed by atoms with Crippen molar-refractivity contribution in [3.8, 4) is 0 Å². The molecule has 0 spiro atoms. The summed E-state index contributed by atoms with van der Waals surface area (Å²) in [7, 11) is 0. The van der Waals surface area contributed by atoms with Gasteiger partial charge in [0.25, 0.3) is 0 Å². The second-order valence-corrected chi connectivity index (χ2v) is 7.36. The van der Waals surface area contributed by atoms with Crippen LogP contribution in [-0.2, 0) is 16.0 Å². The molecular formula is C19H28N4O3. The molecule has 0 aliphatic carbocycles. The molecule has 0 saturated carbocycles. The number of nitrogens with one attached hydrogen (secondary N) is 2. The normalized spacial score (nSPS) is 34.0. The third-order valence-corrected chi connectivity index (χ3v) is 5.69. The predicted molar refractivity (Wildman–Crippen MR) is 97.1 cm³/mol. The number of amides is 1. The number of ether oxygens (including phenoxy) is 1. The molecule has 7 nitrogen and oxygen atoms in total. The number of aliphatic hydroxyl groups excluding tert-OH is 1. The first-order valence-corrected chi connectivity index (χ1v) is 9.55. The molecule has 0 bridgehead atoms. The van der Waals surface area contributed by atoms with Gasteiger partial charge in [0.2, 0.25) is 5.91 Å². The molecule has 4 atom stereocenters. The molecule has 3 aliphatic rings. The molecule has 3 heterocycles. The van der Waals surface area contributed by atoms with Crippen LogP contribution in [0.2, 0.25) is 0 Å². The summed E-state index contributed by atoms with van der Waals surface area (Å²) in [6, 6.07) is 10.2. The van der Waals surface area contributed by atoms with Gasteiger partial charge in [0.05, 0.1) is 31.9 Å². The SMILES string of the molecule is O=C1CC(N2CCOCC2)NC(N2CC[C@@H](O)[C@@H]2Cc2ccccc2)N1. The van der Waals surface area contributed by atoms with Crippen molar-refractivity contribution in [2.45, 2.75) is 43.9 Å². The molecule has 3 aliphatic heterocycles. The van der Waals surface area contributed by atoms with Crippen molar-refractivity contribution in [2.75, 3.05) is 32.8 Å². The van der Waals surface area contributed by atoms with E-state index in [9.17, 15) is 9.90 Å². The fourth-order valence-electron chi connectivity index (χ4n) is 4.26. The quantitative estimate of drug-likeness (QED) is 0.685. The van der Waals surface area contributed by atoms with Gasteiger partial charge in [-0.1, -0.05) is 30.3 Å². The maximum atomic E-state index is 12.3. The molecule has 4 rings (SSSR count). The summed E-state index contributed by atoms with van der Waals surface area (Å²) < 4.78 is 5.43. The summed E-state index contributed by atoms with van der Waals surface area (Å²) in [5.74, 6) is 0.0603. The summed E-state index contributed by atoms with van der Waals surface area (Å²) in [6.07, 6.45) is 1.36. The second-order valence-electron chi connectivity index (χ2n) is 7.36. The van der Waals surface area contributed by atoms with E-state index < -0.39 is 0 Å². The van der Waals surface area contributed by atoms with Gasteiger partial charge in [-0.05, 0) is 18.4 Å². The van der Waals surface area contributed by atoms with Crippen molar-refractivity contribution in [1.82, 2.24) is 20.4 Å². The van der Waals surface area contributed by atoms with Crippen LogP contribution in [0, 0.1) is 0 Å². The van der Waals surface area contributed by atoms with Crippen molar-refractivity contribution in [1.29, 1.82) is 0 Å². The number of carbonyl (C=O) groups excluding carboxylic acids is 1. The number of likely N-dealkylation sites (tertiary alicyclic amines) is 1. The van der Waals surface area contributed by atoms with E-state index in [1.807, 2.05) is 18.2 Å². The number of nitrogens with zero attached hydrogens (tertiary/aromatic N) is 2. The topological polar surface area (TPSA) is 77.1 Å². The van der Waals surface area contributed by atoms with Gasteiger partial charge in [-0.3, -0.25) is 19.9 Å². The lowest BCUT2D eigenvalue weighted by atomic mass is 10.0. The molecule has 26 heavy (non-hydrogen) atoms. The van der Waals surface area contributed by atoms with Gasteiger partial charge in [0.15, 0.2) is 0 Å². The minimum atomic E-state index is -0.377. The maximum absolute atomic E-state index is 12.3. The van der Waals surface area contributed by atoms with Crippen LogP contribution in [-0.4, -0.2) is 78.3 Å². The van der Waals surface area contributed by atoms with Crippen molar-refractivity contribution < 1.29 is 14.6 Å². The number of hydrogen-bond acceptors (Lipinski definition) is 6. The number of aliphatic hydroxyl groups is 1. The first-order valence-electron chi connectivity index (χ1n) is 9.55. The van der Waals surface area contributed by atoms with Crippen molar-refractivity contribution in [2.24, 2.45) is 0 Å². The molecule has 1 aromatic rings. The molecule has 3 saturated heterocycles. The molecule has 1 aromatic carbocycles. The Morgan fingerprint density at radius 1 is 1.15 bits per heavy atom. The lowest BCUT2D eigenvalue weighted by Gasteiger charge is -2.44. The third kappa shape index (κ3) is 3.92. The Hall–Kier alpha value is -1.51. The van der Waals surface area contributed by atoms with Crippen LogP contribution in [0.5, 0.6) is 0 Å². The maximum Gasteiger partial charge on any atom is 0.225 e. The molecule has 142 valence electrons. The average molecular weight is 360 g/mol. The van der Waals surface area contributed by atoms with E-state index in [1.54, 1.807) is 0 Å². The smallest absolute Gasteiger partial charge is 0.225 e. The van der Waals surface area contributed by atoms with Crippen LogP contribution in [0.4, 0.5) is 0 Å². The van der Waals surface area contributed by atoms with E-state index in [1.165, 1.54) is 5.56 Å². The minimum Gasteiger partial charge on any atom is -0.391 e. The van der Waals surface area contributed by atoms with E-state index in [4.69, 9.17) is 4.74 Å². The van der Waals surface area contributed by atoms with Gasteiger partial charge >= 0.3 is 0 Å². The van der Waals surface area contributed by atoms with Gasteiger partial charge in [0, 0.05) is 25.7 Å². The van der Waals surface area contributed by atoms with Crippen LogP contribution in [0.25, 0.3) is 0 Å². The van der Waals surface area contributed by atoms with Gasteiger partial charge in [-0.2, -0.15) is 0 Å². The Kier molecular flexibility index (Phi) is 5.52. The van der Waals surface area contributed by atoms with Gasteiger partial charge in [-0.15, -0.1) is 0 Å². The molecule has 2 unspecified atom stereocenters. The summed E-state index contributed by atoms with van der Waals surface area (Å²) in [4.78, 5) is 16.8. The number of hydrogen-bond donors (Lipinski definition) is 3. The number of carbonyl (C=O) groups is 1. The molecule has 0 radical (unpaired) electrons. The van der Waals surface area contributed by atoms with Crippen LogP contribution in [0.15, 0.2) is 30.3 Å². The Bertz CT molecular complexity index is 608. The first kappa shape index (κ1) is 17.9. The zero-order valence-electron chi connectivity index (χ0n) is 15.0. The first-order chi connectivity index (χ1) is 12.7. The lowest BCUT2D eigenvalue weighted by molar-refractivity contribution is -0.131. The standard InChI is InChI=1S/C19H28N4O3/c24-16-6-7-23(15(16)12-14-4-2-1-3-5-14)19-20-17(13-18(25)21-19)22-8-10-26-11-9-22/h1-5,15-17,19-20,24H,6-13H2,(H,21,25)/t15-,16+,17?,19?/m0/s1. The van der Waals surface area contributed by atoms with E-state index in [-0.39, 0.29) is 30.5 Å². The lowest BCUT2D eigenvalue weighted by Crippen LogP contribution is -2.69. The highest BCUT2D eigenvalue weighted by Gasteiger charge is 2.41. The number of rotatable bonds is 4. The molecule has 7 heteroatoms. The highest BCUT2D eigenvalue weighted by Crippen LogP contribution is 2.24. The fourth-order valence-corrected chi connectivity index (χ4v) is 4.26. The molecule has 1 amide bonds. The van der Waals surface area contributed by atoms with Crippen molar-refractivity contribution in [3.63, 3.8) is 0 Å². The highest BCUT2D eigenvalue weighted by atomic mass is 16.5. The molecule has 3 N–H and O–H groups in total. The van der Waals surface area contributed by atoms with Crippen LogP contribution < -0.4 is 10.6 Å². The minimum absolute atomic E-state index is 0.00126. The Morgan fingerprint density at radius 2 is 1.92 bits per heavy atom. The Balaban J connectivity index is 1.46. The molecule has 0 aromatic heterocycles. The summed E-state index contributed by atoms with van der Waals surface area (Å²) in [5.41, 5.74) is 1.20. The van der Waals surface area contributed by atoms with Crippen LogP contribution >= 0.6 is 0 Å². The van der Waals surface area contributed by atoms with E-state index >= 15 is 0 Å². The van der Waals surface area contributed by atoms with E-state index in [0.29, 0.717) is 19.6 Å². The van der Waals surface area contributed by atoms with E-state index in [0.717, 1.165) is 32.5 Å². The Morgan fingerprint density at radius 3 is 2.69 bits per heavy atom. The highest BCUT2D eigenvalue weighted by molar-refractivity contribution is 5.77. The summed E-state index contributed by atoms with van der Waals surface area (Å²) >= 11 is 0. The predicted octanol–water partition coefficient (Wildman–Crippen LogP) is -0.284. The Labute approximate surface area is 154 Å².